The molecule has 3 fully saturated rings. The van der Waals surface area contributed by atoms with Gasteiger partial charge < -0.3 is 0 Å². The Morgan fingerprint density at radius 2 is 1.18 bits per heavy atom. The summed E-state index contributed by atoms with van der Waals surface area (Å²) in [5.74, 6) is 0. The molecule has 3 saturated heterocycles. The van der Waals surface area contributed by atoms with Gasteiger partial charge in [-0.05, 0) is 38.4 Å². The third kappa shape index (κ3) is 3.77. The van der Waals surface area contributed by atoms with Crippen LogP contribution < -0.4 is 0 Å². The van der Waals surface area contributed by atoms with Gasteiger partial charge in [-0.25, -0.2) is 0 Å². The zero-order valence-corrected chi connectivity index (χ0v) is 24.2. The Labute approximate surface area is 192 Å². The average Bonchev–Trinajstić information content (AvgIpc) is 2.55. The maximum absolute atomic E-state index is 7.50. The van der Waals surface area contributed by atoms with Gasteiger partial charge in [-0.15, -0.1) is 11.8 Å². The van der Waals surface area contributed by atoms with E-state index in [9.17, 15) is 0 Å². The van der Waals surface area contributed by atoms with Crippen molar-refractivity contribution in [3.8, 4) is 0 Å². The van der Waals surface area contributed by atoms with Crippen LogP contribution in [0, 0.1) is 36.2 Å². The van der Waals surface area contributed by atoms with Crippen LogP contribution in [-0.2, 0) is 31.0 Å². The van der Waals surface area contributed by atoms with Crippen LogP contribution in [0.5, 0.6) is 0 Å². The quantitative estimate of drug-likeness (QED) is 0.152. The number of rotatable bonds is 1. The largest absolute Gasteiger partial charge is 0 e. The van der Waals surface area contributed by atoms with Gasteiger partial charge in [0.05, 0.1) is 8.46 Å². The van der Waals surface area contributed by atoms with Crippen molar-refractivity contribution in [1.82, 2.24) is 0 Å². The van der Waals surface area contributed by atoms with Crippen molar-refractivity contribution in [2.45, 2.75) is 75.4 Å². The van der Waals surface area contributed by atoms with E-state index in [-0.39, 0.29) is 32.6 Å². The smallest absolute Gasteiger partial charge is 0 e. The first-order chi connectivity index (χ1) is 12.2. The van der Waals surface area contributed by atoms with Gasteiger partial charge in [0.15, 0.2) is 0 Å². The van der Waals surface area contributed by atoms with Crippen LogP contribution in [0.1, 0.15) is 62.3 Å². The number of hydrogen-bond donors (Lipinski definition) is 0. The molecule has 9 heteroatoms. The third-order valence-corrected chi connectivity index (χ3v) is 30.5. The molecule has 7 atom stereocenters. The zero-order chi connectivity index (χ0) is 22.3. The van der Waals surface area contributed by atoms with E-state index in [1.165, 1.54) is 16.9 Å². The molecular weight excluding hydrogens is 487 g/mol. The van der Waals surface area contributed by atoms with E-state index >= 15 is 0 Å². The van der Waals surface area contributed by atoms with Gasteiger partial charge >= 0.3 is 33.9 Å². The fourth-order valence-electron chi connectivity index (χ4n) is 4.39. The summed E-state index contributed by atoms with van der Waals surface area (Å²) in [5.41, 5.74) is 1.51. The summed E-state index contributed by atoms with van der Waals surface area (Å²) in [6.07, 6.45) is 0. The van der Waals surface area contributed by atoms with Gasteiger partial charge in [-0.3, -0.25) is 0 Å². The van der Waals surface area contributed by atoms with Crippen molar-refractivity contribution >= 4 is 44.1 Å². The fourth-order valence-corrected chi connectivity index (χ4v) is 40.1. The van der Waals surface area contributed by atoms with E-state index in [1.54, 1.807) is 0 Å². The molecule has 0 N–H and O–H groups in total. The molecular formula is C19H32MnO3P4S. The van der Waals surface area contributed by atoms with Crippen LogP contribution in [0.4, 0.5) is 0 Å². The predicted molar refractivity (Wildman–Crippen MR) is 122 cm³/mol. The summed E-state index contributed by atoms with van der Waals surface area (Å²) in [7, 11) is 2.79. The summed E-state index contributed by atoms with van der Waals surface area (Å²) in [4.78, 5) is 0. The summed E-state index contributed by atoms with van der Waals surface area (Å²) in [5, 5.41) is 0. The van der Waals surface area contributed by atoms with E-state index in [4.69, 9.17) is 14.0 Å². The van der Waals surface area contributed by atoms with Crippen molar-refractivity contribution in [3.05, 3.63) is 20.0 Å². The van der Waals surface area contributed by atoms with Crippen LogP contribution in [0.15, 0.2) is 0 Å². The number of thioether (sulfide) groups is 1. The summed E-state index contributed by atoms with van der Waals surface area (Å²) < 4.78 is 24.6. The second-order valence-electron chi connectivity index (χ2n) is 9.80. The van der Waals surface area contributed by atoms with Gasteiger partial charge in [0, 0.05) is 21.7 Å². The van der Waals surface area contributed by atoms with Gasteiger partial charge in [-0.2, -0.15) is 0 Å². The van der Waals surface area contributed by atoms with Gasteiger partial charge in [0.2, 0.25) is 0 Å². The summed E-state index contributed by atoms with van der Waals surface area (Å²) >= 11 is 2.48. The summed E-state index contributed by atoms with van der Waals surface area (Å²) in [6.45, 7) is 38.9. The molecule has 3 nitrogen and oxygen atoms in total. The Kier molecular flexibility index (Phi) is 11.6. The number of hydrogen-bond acceptors (Lipinski definition) is 1. The van der Waals surface area contributed by atoms with Gasteiger partial charge in [0.1, 0.15) is 0 Å². The Balaban J connectivity index is 0. The monoisotopic (exact) mass is 519 g/mol. The molecule has 159 valence electrons. The minimum atomic E-state index is 0. The molecule has 0 spiro atoms. The van der Waals surface area contributed by atoms with E-state index in [2.05, 4.69) is 101 Å². The molecule has 3 aliphatic rings. The minimum Gasteiger partial charge on any atom is 0 e. The van der Waals surface area contributed by atoms with E-state index in [1.807, 2.05) is 0 Å². The maximum Gasteiger partial charge on any atom is 0 e. The predicted octanol–water partition coefficient (Wildman–Crippen LogP) is 7.61. The zero-order valence-electron chi connectivity index (χ0n) is 18.4. The molecule has 0 aromatic carbocycles. The molecule has 0 aromatic rings. The standard InChI is InChI=1S/C16H32P4S.3CO.Mn/c1-11(2,3)14-18-15(12(4,5)6)19(14)16(21-15,13(7,8)9)20(14)17-10;3*1-2;/h17-18H,1-10H3;;;;/t14-,15-,16+,19?,20?;;;;/m1..../s1. The molecule has 0 aliphatic carbocycles. The van der Waals surface area contributed by atoms with Crippen LogP contribution in [0.25, 0.3) is 0 Å². The van der Waals surface area contributed by atoms with E-state index in [0.29, 0.717) is 24.7 Å². The van der Waals surface area contributed by atoms with Crippen LogP contribution in [0.2, 0.25) is 0 Å². The summed E-state index contributed by atoms with van der Waals surface area (Å²) in [6, 6.07) is 0. The first-order valence-electron chi connectivity index (χ1n) is 8.61. The Morgan fingerprint density at radius 1 is 0.786 bits per heavy atom. The SMILES string of the molecule is CPP1[C@]2(C(C)(C)C)P[C@@]3(C(C)(C)C)S[C@@]1(C(C)(C)C)P23.[C-]#[O+].[C-]#[O+].[C-]#[O+].[Mn]. The maximum atomic E-state index is 7.50. The minimum absolute atomic E-state index is 0. The normalized spacial score (nSPS) is 38.1. The molecule has 0 bridgehead atoms. The topological polar surface area (TPSA) is 59.7 Å². The molecule has 3 rings (SSSR count). The van der Waals surface area contributed by atoms with E-state index in [0.717, 1.165) is 4.64 Å². The Hall–Kier alpha value is 1.81. The van der Waals surface area contributed by atoms with Crippen LogP contribution >= 0.6 is 44.1 Å². The third-order valence-electron chi connectivity index (χ3n) is 5.47. The molecule has 3 aliphatic heterocycles. The van der Waals surface area contributed by atoms with Crippen molar-refractivity contribution in [2.75, 3.05) is 6.66 Å². The van der Waals surface area contributed by atoms with Crippen molar-refractivity contribution in [1.29, 1.82) is 0 Å². The Morgan fingerprint density at radius 3 is 1.43 bits per heavy atom. The first-order valence-corrected chi connectivity index (χ1v) is 15.5. The van der Waals surface area contributed by atoms with Gasteiger partial charge in [0.25, 0.3) is 0 Å². The molecule has 0 saturated carbocycles. The van der Waals surface area contributed by atoms with Crippen LogP contribution in [-0.4, -0.2) is 19.8 Å². The van der Waals surface area contributed by atoms with Crippen LogP contribution in [0.3, 0.4) is 0 Å². The molecule has 28 heavy (non-hydrogen) atoms. The second kappa shape index (κ2) is 10.2. The molecule has 0 amide bonds. The second-order valence-corrected chi connectivity index (χ2v) is 24.0. The van der Waals surface area contributed by atoms with Gasteiger partial charge in [-0.1, -0.05) is 79.2 Å². The molecule has 3 heterocycles. The molecule has 1 radical (unpaired) electrons. The first kappa shape index (κ1) is 32.0. The van der Waals surface area contributed by atoms with E-state index < -0.39 is 0 Å². The average molecular weight is 519 g/mol. The van der Waals surface area contributed by atoms with Crippen molar-refractivity contribution in [2.24, 2.45) is 16.2 Å². The fraction of sp³-hybridized carbons (Fsp3) is 0.842. The molecule has 0 aromatic heterocycles. The van der Waals surface area contributed by atoms with Crippen molar-refractivity contribution in [3.63, 3.8) is 0 Å². The molecule has 4 unspecified atom stereocenters. The Bertz CT molecular complexity index is 572. The van der Waals surface area contributed by atoms with Crippen molar-refractivity contribution < 1.29 is 31.0 Å².